The number of nitrogens with two attached hydrogens (primary N) is 1. The summed E-state index contributed by atoms with van der Waals surface area (Å²) in [6.45, 7) is 8.62. The first-order chi connectivity index (χ1) is 8.00. The molecule has 2 nitrogen and oxygen atoms in total. The topological polar surface area (TPSA) is 29.3 Å². The van der Waals surface area contributed by atoms with Crippen molar-refractivity contribution in [2.45, 2.75) is 39.8 Å². The molecule has 0 aromatic heterocycles. The molecule has 0 bridgehead atoms. The van der Waals surface area contributed by atoms with Gasteiger partial charge in [0.05, 0.1) is 0 Å². The van der Waals surface area contributed by atoms with E-state index >= 15 is 0 Å². The van der Waals surface area contributed by atoms with Crippen LogP contribution in [-0.4, -0.2) is 24.5 Å². The minimum Gasteiger partial charge on any atom is -0.327 e. The Morgan fingerprint density at radius 1 is 1.24 bits per heavy atom. The van der Waals surface area contributed by atoms with Crippen molar-refractivity contribution in [3.8, 4) is 0 Å². The Kier molecular flexibility index (Phi) is 5.66. The summed E-state index contributed by atoms with van der Waals surface area (Å²) in [6, 6.07) is 8.88. The van der Waals surface area contributed by atoms with Gasteiger partial charge < -0.3 is 10.6 Å². The van der Waals surface area contributed by atoms with Crippen molar-refractivity contribution >= 4 is 0 Å². The lowest BCUT2D eigenvalue weighted by Crippen LogP contribution is -2.31. The van der Waals surface area contributed by atoms with Gasteiger partial charge in [0.25, 0.3) is 0 Å². The van der Waals surface area contributed by atoms with Crippen LogP contribution in [0, 0.1) is 12.8 Å². The zero-order valence-electron chi connectivity index (χ0n) is 11.6. The van der Waals surface area contributed by atoms with E-state index in [1.54, 1.807) is 0 Å². The maximum atomic E-state index is 6.06. The number of hydrogen-bond acceptors (Lipinski definition) is 2. The molecule has 1 rings (SSSR count). The van der Waals surface area contributed by atoms with Crippen molar-refractivity contribution in [2.24, 2.45) is 11.7 Å². The molecule has 0 aliphatic heterocycles. The maximum absolute atomic E-state index is 6.06. The van der Waals surface area contributed by atoms with Gasteiger partial charge in [-0.1, -0.05) is 38.1 Å². The number of hydrogen-bond donors (Lipinski definition) is 1. The van der Waals surface area contributed by atoms with Crippen LogP contribution in [0.1, 0.15) is 31.4 Å². The van der Waals surface area contributed by atoms with E-state index in [4.69, 9.17) is 5.73 Å². The summed E-state index contributed by atoms with van der Waals surface area (Å²) in [5.74, 6) is 0.571. The van der Waals surface area contributed by atoms with Crippen LogP contribution in [0.3, 0.4) is 0 Å². The zero-order valence-corrected chi connectivity index (χ0v) is 11.6. The highest BCUT2D eigenvalue weighted by Gasteiger charge is 2.09. The van der Waals surface area contributed by atoms with Gasteiger partial charge in [0.2, 0.25) is 0 Å². The first-order valence-corrected chi connectivity index (χ1v) is 6.49. The summed E-state index contributed by atoms with van der Waals surface area (Å²) in [4.78, 5) is 2.35. The van der Waals surface area contributed by atoms with Gasteiger partial charge in [0, 0.05) is 12.6 Å². The van der Waals surface area contributed by atoms with Crippen LogP contribution in [0.25, 0.3) is 0 Å². The van der Waals surface area contributed by atoms with Gasteiger partial charge in [-0.15, -0.1) is 0 Å². The van der Waals surface area contributed by atoms with Gasteiger partial charge in [-0.3, -0.25) is 0 Å². The van der Waals surface area contributed by atoms with Crippen molar-refractivity contribution in [3.63, 3.8) is 0 Å². The van der Waals surface area contributed by atoms with E-state index in [1.165, 1.54) is 11.1 Å². The number of rotatable bonds is 6. The van der Waals surface area contributed by atoms with E-state index in [0.717, 1.165) is 19.5 Å². The predicted octanol–water partition coefficient (Wildman–Crippen LogP) is 2.80. The molecule has 0 amide bonds. The Bertz CT molecular complexity index is 333. The van der Waals surface area contributed by atoms with E-state index in [2.05, 4.69) is 57.0 Å². The highest BCUT2D eigenvalue weighted by molar-refractivity contribution is 5.25. The molecule has 96 valence electrons. The van der Waals surface area contributed by atoms with E-state index in [-0.39, 0.29) is 0 Å². The van der Waals surface area contributed by atoms with Crippen LogP contribution in [0.2, 0.25) is 0 Å². The fourth-order valence-corrected chi connectivity index (χ4v) is 1.86. The minimum atomic E-state index is 0.314. The first kappa shape index (κ1) is 14.2. The van der Waals surface area contributed by atoms with Gasteiger partial charge in [-0.05, 0) is 44.0 Å². The summed E-state index contributed by atoms with van der Waals surface area (Å²) >= 11 is 0. The number of nitrogens with zero attached hydrogens (tertiary/aromatic N) is 1. The van der Waals surface area contributed by atoms with E-state index < -0.39 is 0 Å². The number of benzene rings is 1. The van der Waals surface area contributed by atoms with Crippen LogP contribution in [-0.2, 0) is 6.54 Å². The molecule has 0 fully saturated rings. The largest absolute Gasteiger partial charge is 0.327 e. The van der Waals surface area contributed by atoms with Crippen LogP contribution in [0.15, 0.2) is 24.3 Å². The fourth-order valence-electron chi connectivity index (χ4n) is 1.86. The molecule has 17 heavy (non-hydrogen) atoms. The quantitative estimate of drug-likeness (QED) is 0.820. The zero-order chi connectivity index (χ0) is 12.8. The standard InChI is InChI=1S/C15H26N2/c1-12(2)15(16)9-10-17(4)11-14-8-6-5-7-13(14)3/h5-8,12,15H,9-11,16H2,1-4H3. The molecule has 0 heterocycles. The lowest BCUT2D eigenvalue weighted by Gasteiger charge is -2.22. The summed E-state index contributed by atoms with van der Waals surface area (Å²) in [7, 11) is 2.17. The van der Waals surface area contributed by atoms with Crippen LogP contribution in [0.4, 0.5) is 0 Å². The Morgan fingerprint density at radius 2 is 1.88 bits per heavy atom. The molecule has 2 N–H and O–H groups in total. The predicted molar refractivity (Wildman–Crippen MR) is 74.9 cm³/mol. The second-order valence-electron chi connectivity index (χ2n) is 5.36. The summed E-state index contributed by atoms with van der Waals surface area (Å²) < 4.78 is 0. The summed E-state index contributed by atoms with van der Waals surface area (Å²) in [5.41, 5.74) is 8.84. The first-order valence-electron chi connectivity index (χ1n) is 6.49. The Hall–Kier alpha value is -0.860. The Morgan fingerprint density at radius 3 is 2.47 bits per heavy atom. The van der Waals surface area contributed by atoms with E-state index in [1.807, 2.05) is 0 Å². The Labute approximate surface area is 106 Å². The van der Waals surface area contributed by atoms with Gasteiger partial charge in [0.1, 0.15) is 0 Å². The molecule has 0 spiro atoms. The molecule has 0 saturated heterocycles. The fraction of sp³-hybridized carbons (Fsp3) is 0.600. The van der Waals surface area contributed by atoms with Crippen LogP contribution in [0.5, 0.6) is 0 Å². The second kappa shape index (κ2) is 6.77. The molecule has 1 aromatic rings. The Balaban J connectivity index is 2.40. The van der Waals surface area contributed by atoms with Gasteiger partial charge in [0.15, 0.2) is 0 Å². The summed E-state index contributed by atoms with van der Waals surface area (Å²) in [6.07, 6.45) is 1.07. The van der Waals surface area contributed by atoms with Crippen molar-refractivity contribution in [1.82, 2.24) is 4.90 Å². The van der Waals surface area contributed by atoms with Gasteiger partial charge in [-0.2, -0.15) is 0 Å². The van der Waals surface area contributed by atoms with Crippen LogP contribution >= 0.6 is 0 Å². The average Bonchev–Trinajstić information content (AvgIpc) is 2.29. The smallest absolute Gasteiger partial charge is 0.0233 e. The molecule has 0 saturated carbocycles. The van der Waals surface area contributed by atoms with Crippen molar-refractivity contribution in [1.29, 1.82) is 0 Å². The average molecular weight is 234 g/mol. The monoisotopic (exact) mass is 234 g/mol. The molecule has 1 aromatic carbocycles. The van der Waals surface area contributed by atoms with Gasteiger partial charge >= 0.3 is 0 Å². The molecular weight excluding hydrogens is 208 g/mol. The van der Waals surface area contributed by atoms with E-state index in [0.29, 0.717) is 12.0 Å². The van der Waals surface area contributed by atoms with Gasteiger partial charge in [-0.25, -0.2) is 0 Å². The molecular formula is C15H26N2. The molecule has 1 atom stereocenters. The highest BCUT2D eigenvalue weighted by Crippen LogP contribution is 2.10. The van der Waals surface area contributed by atoms with Crippen molar-refractivity contribution < 1.29 is 0 Å². The minimum absolute atomic E-state index is 0.314. The summed E-state index contributed by atoms with van der Waals surface area (Å²) in [5, 5.41) is 0. The highest BCUT2D eigenvalue weighted by atomic mass is 15.1. The molecule has 1 unspecified atom stereocenters. The molecule has 0 aliphatic rings. The van der Waals surface area contributed by atoms with Crippen molar-refractivity contribution in [2.75, 3.05) is 13.6 Å². The normalized spacial score (nSPS) is 13.4. The third-order valence-corrected chi connectivity index (χ3v) is 3.40. The molecule has 0 radical (unpaired) electrons. The van der Waals surface area contributed by atoms with E-state index in [9.17, 15) is 0 Å². The molecule has 0 aliphatic carbocycles. The second-order valence-corrected chi connectivity index (χ2v) is 5.36. The van der Waals surface area contributed by atoms with Crippen molar-refractivity contribution in [3.05, 3.63) is 35.4 Å². The third kappa shape index (κ3) is 4.88. The maximum Gasteiger partial charge on any atom is 0.0233 e. The lowest BCUT2D eigenvalue weighted by molar-refractivity contribution is 0.296. The molecule has 2 heteroatoms. The SMILES string of the molecule is Cc1ccccc1CN(C)CCC(N)C(C)C. The van der Waals surface area contributed by atoms with Crippen LogP contribution < -0.4 is 5.73 Å². The number of aryl methyl sites for hydroxylation is 1. The lowest BCUT2D eigenvalue weighted by atomic mass is 10.0. The third-order valence-electron chi connectivity index (χ3n) is 3.40.